The van der Waals surface area contributed by atoms with Gasteiger partial charge in [0.25, 0.3) is 0 Å². The summed E-state index contributed by atoms with van der Waals surface area (Å²) < 4.78 is 0. The molecule has 0 saturated carbocycles. The molecule has 1 aliphatic heterocycles. The minimum Gasteiger partial charge on any atom is -0.377 e. The maximum absolute atomic E-state index is 4.21. The molecular formula is C16H26N2. The van der Waals surface area contributed by atoms with Crippen LogP contribution in [0, 0.1) is 5.41 Å². The lowest BCUT2D eigenvalue weighted by atomic mass is 9.74. The third kappa shape index (κ3) is 3.06. The summed E-state index contributed by atoms with van der Waals surface area (Å²) in [6.07, 6.45) is 7.19. The molecule has 0 aliphatic carbocycles. The predicted octanol–water partition coefficient (Wildman–Crippen LogP) is 3.82. The van der Waals surface area contributed by atoms with Gasteiger partial charge in [-0.25, -0.2) is 0 Å². The SMILES string of the molecule is C=CCC1(CN(C)C(C)=CC)CCC(=C)NC1=C. The molecule has 0 bridgehead atoms. The summed E-state index contributed by atoms with van der Waals surface area (Å²) in [5.41, 5.74) is 3.51. The highest BCUT2D eigenvalue weighted by molar-refractivity contribution is 5.22. The second-order valence-electron chi connectivity index (χ2n) is 5.27. The van der Waals surface area contributed by atoms with E-state index in [0.717, 1.165) is 37.2 Å². The Kier molecular flexibility index (Phi) is 4.83. The van der Waals surface area contributed by atoms with Crippen LogP contribution in [0.4, 0.5) is 0 Å². The van der Waals surface area contributed by atoms with Gasteiger partial charge in [-0.15, -0.1) is 6.58 Å². The number of allylic oxidation sites excluding steroid dienone is 4. The lowest BCUT2D eigenvalue weighted by Gasteiger charge is -2.43. The molecule has 1 atom stereocenters. The van der Waals surface area contributed by atoms with Gasteiger partial charge in [0, 0.05) is 36.1 Å². The molecule has 0 spiro atoms. The molecule has 1 fully saturated rings. The summed E-state index contributed by atoms with van der Waals surface area (Å²) in [5.74, 6) is 0. The second-order valence-corrected chi connectivity index (χ2v) is 5.27. The van der Waals surface area contributed by atoms with Crippen LogP contribution in [-0.2, 0) is 0 Å². The first kappa shape index (κ1) is 14.6. The largest absolute Gasteiger partial charge is 0.377 e. The van der Waals surface area contributed by atoms with Crippen molar-refractivity contribution in [1.29, 1.82) is 0 Å². The fraction of sp³-hybridized carbons (Fsp3) is 0.500. The molecule has 0 aromatic carbocycles. The summed E-state index contributed by atoms with van der Waals surface area (Å²) in [7, 11) is 2.14. The van der Waals surface area contributed by atoms with E-state index in [1.54, 1.807) is 0 Å². The Morgan fingerprint density at radius 3 is 2.67 bits per heavy atom. The van der Waals surface area contributed by atoms with E-state index in [1.807, 2.05) is 6.08 Å². The fourth-order valence-corrected chi connectivity index (χ4v) is 2.49. The molecule has 1 rings (SSSR count). The lowest BCUT2D eigenvalue weighted by Crippen LogP contribution is -2.43. The molecular weight excluding hydrogens is 220 g/mol. The van der Waals surface area contributed by atoms with Crippen LogP contribution in [0.5, 0.6) is 0 Å². The van der Waals surface area contributed by atoms with Crippen LogP contribution >= 0.6 is 0 Å². The first-order chi connectivity index (χ1) is 8.45. The van der Waals surface area contributed by atoms with Crippen molar-refractivity contribution >= 4 is 0 Å². The van der Waals surface area contributed by atoms with Crippen LogP contribution in [0.1, 0.15) is 33.1 Å². The number of piperidine rings is 1. The molecule has 18 heavy (non-hydrogen) atoms. The molecule has 2 heteroatoms. The normalized spacial score (nSPS) is 24.7. The highest BCUT2D eigenvalue weighted by Crippen LogP contribution is 2.40. The van der Waals surface area contributed by atoms with Gasteiger partial charge in [0.1, 0.15) is 0 Å². The van der Waals surface area contributed by atoms with E-state index in [2.05, 4.69) is 56.9 Å². The van der Waals surface area contributed by atoms with E-state index in [1.165, 1.54) is 5.70 Å². The molecule has 1 N–H and O–H groups in total. The van der Waals surface area contributed by atoms with Crippen LogP contribution in [0.3, 0.4) is 0 Å². The topological polar surface area (TPSA) is 15.3 Å². The molecule has 0 aromatic heterocycles. The summed E-state index contributed by atoms with van der Waals surface area (Å²) in [6.45, 7) is 17.3. The maximum Gasteiger partial charge on any atom is 0.0311 e. The van der Waals surface area contributed by atoms with Gasteiger partial charge in [-0.2, -0.15) is 0 Å². The van der Waals surface area contributed by atoms with Crippen LogP contribution in [0.2, 0.25) is 0 Å². The van der Waals surface area contributed by atoms with Gasteiger partial charge in [-0.3, -0.25) is 0 Å². The minimum atomic E-state index is 0.0714. The van der Waals surface area contributed by atoms with Crippen LogP contribution < -0.4 is 5.32 Å². The van der Waals surface area contributed by atoms with E-state index in [9.17, 15) is 0 Å². The van der Waals surface area contributed by atoms with Gasteiger partial charge in [-0.05, 0) is 33.1 Å². The first-order valence-electron chi connectivity index (χ1n) is 6.54. The smallest absolute Gasteiger partial charge is 0.0311 e. The Hall–Kier alpha value is -1.44. The monoisotopic (exact) mass is 246 g/mol. The van der Waals surface area contributed by atoms with Crippen LogP contribution in [0.25, 0.3) is 0 Å². The van der Waals surface area contributed by atoms with E-state index in [4.69, 9.17) is 0 Å². The van der Waals surface area contributed by atoms with Crippen molar-refractivity contribution in [3.05, 3.63) is 49.0 Å². The molecule has 0 radical (unpaired) electrons. The second kappa shape index (κ2) is 5.94. The number of nitrogens with zero attached hydrogens (tertiary/aromatic N) is 1. The number of nitrogens with one attached hydrogen (secondary N) is 1. The standard InChI is InChI=1S/C16H26N2/c1-7-10-16(12-18(6)14(4)8-2)11-9-13(3)17-15(16)5/h7-8,17H,1,3,5,9-12H2,2,4,6H3. The van der Waals surface area contributed by atoms with Crippen LogP contribution in [-0.4, -0.2) is 18.5 Å². The summed E-state index contributed by atoms with van der Waals surface area (Å²) in [4.78, 5) is 2.30. The molecule has 2 nitrogen and oxygen atoms in total. The minimum absolute atomic E-state index is 0.0714. The zero-order valence-electron chi connectivity index (χ0n) is 12.1. The van der Waals surface area contributed by atoms with E-state index in [-0.39, 0.29) is 5.41 Å². The van der Waals surface area contributed by atoms with Crippen molar-refractivity contribution in [3.63, 3.8) is 0 Å². The van der Waals surface area contributed by atoms with Gasteiger partial charge < -0.3 is 10.2 Å². The molecule has 1 saturated heterocycles. The van der Waals surface area contributed by atoms with E-state index < -0.39 is 0 Å². The third-order valence-corrected chi connectivity index (χ3v) is 3.97. The Morgan fingerprint density at radius 1 is 1.50 bits per heavy atom. The van der Waals surface area contributed by atoms with E-state index >= 15 is 0 Å². The Labute approximate surface area is 112 Å². The van der Waals surface area contributed by atoms with Crippen molar-refractivity contribution in [2.45, 2.75) is 33.1 Å². The maximum atomic E-state index is 4.21. The molecule has 0 aromatic rings. The quantitative estimate of drug-likeness (QED) is 0.742. The lowest BCUT2D eigenvalue weighted by molar-refractivity contribution is 0.208. The van der Waals surface area contributed by atoms with Gasteiger partial charge in [0.2, 0.25) is 0 Å². The predicted molar refractivity (Wildman–Crippen MR) is 80.0 cm³/mol. The number of hydrogen-bond acceptors (Lipinski definition) is 2. The Balaban J connectivity index is 2.90. The molecule has 1 unspecified atom stereocenters. The van der Waals surface area contributed by atoms with E-state index in [0.29, 0.717) is 0 Å². The molecule has 0 amide bonds. The highest BCUT2D eigenvalue weighted by atomic mass is 15.1. The average Bonchev–Trinajstić information content (AvgIpc) is 2.33. The molecule has 100 valence electrons. The number of hydrogen-bond donors (Lipinski definition) is 1. The summed E-state index contributed by atoms with van der Waals surface area (Å²) in [6, 6.07) is 0. The third-order valence-electron chi connectivity index (χ3n) is 3.97. The average molecular weight is 246 g/mol. The fourth-order valence-electron chi connectivity index (χ4n) is 2.49. The van der Waals surface area contributed by atoms with Crippen molar-refractivity contribution in [2.24, 2.45) is 5.41 Å². The zero-order valence-corrected chi connectivity index (χ0v) is 12.1. The Morgan fingerprint density at radius 2 is 2.17 bits per heavy atom. The molecule has 1 aliphatic rings. The molecule has 1 heterocycles. The van der Waals surface area contributed by atoms with Gasteiger partial charge in [0.05, 0.1) is 0 Å². The summed E-state index contributed by atoms with van der Waals surface area (Å²) in [5, 5.41) is 3.33. The highest BCUT2D eigenvalue weighted by Gasteiger charge is 2.36. The van der Waals surface area contributed by atoms with Gasteiger partial charge in [0.15, 0.2) is 0 Å². The van der Waals surface area contributed by atoms with Crippen molar-refractivity contribution in [2.75, 3.05) is 13.6 Å². The van der Waals surface area contributed by atoms with Crippen molar-refractivity contribution < 1.29 is 0 Å². The Bertz CT molecular complexity index is 379. The van der Waals surface area contributed by atoms with Crippen molar-refractivity contribution in [3.8, 4) is 0 Å². The first-order valence-corrected chi connectivity index (χ1v) is 6.54. The zero-order chi connectivity index (χ0) is 13.8. The van der Waals surface area contributed by atoms with Gasteiger partial charge in [-0.1, -0.05) is 25.3 Å². The number of rotatable bonds is 5. The van der Waals surface area contributed by atoms with Crippen molar-refractivity contribution in [1.82, 2.24) is 10.2 Å². The van der Waals surface area contributed by atoms with Crippen LogP contribution in [0.15, 0.2) is 49.0 Å². The summed E-state index contributed by atoms with van der Waals surface area (Å²) >= 11 is 0. The van der Waals surface area contributed by atoms with Gasteiger partial charge >= 0.3 is 0 Å².